The van der Waals surface area contributed by atoms with Gasteiger partial charge in [-0.3, -0.25) is 10.1 Å². The lowest BCUT2D eigenvalue weighted by Gasteiger charge is -2.10. The zero-order chi connectivity index (χ0) is 19.2. The second kappa shape index (κ2) is 8.37. The van der Waals surface area contributed by atoms with Gasteiger partial charge in [0.1, 0.15) is 0 Å². The van der Waals surface area contributed by atoms with Crippen LogP contribution in [0, 0.1) is 0 Å². The molecule has 0 aliphatic rings. The number of amides is 2. The summed E-state index contributed by atoms with van der Waals surface area (Å²) in [7, 11) is 0. The van der Waals surface area contributed by atoms with Crippen LogP contribution in [0.3, 0.4) is 0 Å². The number of rotatable bonds is 5. The summed E-state index contributed by atoms with van der Waals surface area (Å²) in [5.74, 6) is -0.477. The second-order valence-corrected chi connectivity index (χ2v) is 5.31. The number of nitrogens with one attached hydrogen (secondary N) is 2. The van der Waals surface area contributed by atoms with Crippen molar-refractivity contribution in [3.8, 4) is 0 Å². The van der Waals surface area contributed by atoms with Gasteiger partial charge in [0.15, 0.2) is 0 Å². The van der Waals surface area contributed by atoms with Crippen LogP contribution in [-0.4, -0.2) is 18.6 Å². The van der Waals surface area contributed by atoms with Crippen molar-refractivity contribution in [3.05, 3.63) is 65.2 Å². The summed E-state index contributed by atoms with van der Waals surface area (Å²) in [4.78, 5) is 23.6. The molecule has 26 heavy (non-hydrogen) atoms. The third-order valence-electron chi connectivity index (χ3n) is 3.35. The Labute approximate surface area is 148 Å². The van der Waals surface area contributed by atoms with Crippen molar-refractivity contribution in [1.29, 1.82) is 0 Å². The molecule has 0 heterocycles. The number of hydrogen-bond acceptors (Lipinski definition) is 3. The molecule has 138 valence electrons. The van der Waals surface area contributed by atoms with E-state index in [9.17, 15) is 22.8 Å². The van der Waals surface area contributed by atoms with Crippen molar-refractivity contribution in [1.82, 2.24) is 5.32 Å². The molecule has 0 saturated heterocycles. The molecule has 0 radical (unpaired) electrons. The third-order valence-corrected chi connectivity index (χ3v) is 3.35. The number of alkyl halides is 3. The summed E-state index contributed by atoms with van der Waals surface area (Å²) in [6, 6.07) is 10.9. The van der Waals surface area contributed by atoms with E-state index in [4.69, 9.17) is 4.74 Å². The predicted molar refractivity (Wildman–Crippen MR) is 89.7 cm³/mol. The van der Waals surface area contributed by atoms with E-state index in [1.165, 1.54) is 24.3 Å². The Kier molecular flexibility index (Phi) is 6.21. The number of anilines is 1. The van der Waals surface area contributed by atoms with Crippen molar-refractivity contribution in [2.24, 2.45) is 0 Å². The first-order valence-corrected chi connectivity index (χ1v) is 7.77. The molecule has 2 rings (SSSR count). The van der Waals surface area contributed by atoms with E-state index in [1.807, 2.05) is 0 Å². The molecule has 0 aliphatic carbocycles. The Morgan fingerprint density at radius 2 is 1.81 bits per heavy atom. The molecule has 0 aliphatic heterocycles. The number of benzene rings is 2. The van der Waals surface area contributed by atoms with Crippen LogP contribution in [0.2, 0.25) is 0 Å². The lowest BCUT2D eigenvalue weighted by atomic mass is 10.1. The van der Waals surface area contributed by atoms with Crippen molar-refractivity contribution < 1.29 is 27.5 Å². The summed E-state index contributed by atoms with van der Waals surface area (Å²) in [6.45, 7) is 1.82. The van der Waals surface area contributed by atoms with Crippen molar-refractivity contribution in [2.45, 2.75) is 19.6 Å². The quantitative estimate of drug-likeness (QED) is 0.833. The minimum atomic E-state index is -4.44. The SMILES string of the molecule is CCOC(=O)Nc1cccc(C(=O)NCc2cccc(C(F)(F)F)c2)c1. The smallest absolute Gasteiger partial charge is 0.416 e. The van der Waals surface area contributed by atoms with Crippen molar-refractivity contribution in [2.75, 3.05) is 11.9 Å². The van der Waals surface area contributed by atoms with Gasteiger partial charge in [-0.25, -0.2) is 4.79 Å². The first-order chi connectivity index (χ1) is 12.3. The fourth-order valence-corrected chi connectivity index (χ4v) is 2.17. The van der Waals surface area contributed by atoms with Crippen LogP contribution in [0.25, 0.3) is 0 Å². The van der Waals surface area contributed by atoms with Gasteiger partial charge in [-0.1, -0.05) is 18.2 Å². The molecule has 0 atom stereocenters. The minimum Gasteiger partial charge on any atom is -0.450 e. The van der Waals surface area contributed by atoms with E-state index in [1.54, 1.807) is 19.1 Å². The molecule has 2 amide bonds. The van der Waals surface area contributed by atoms with Gasteiger partial charge in [-0.05, 0) is 42.8 Å². The van der Waals surface area contributed by atoms with Gasteiger partial charge in [0, 0.05) is 17.8 Å². The summed E-state index contributed by atoms with van der Waals surface area (Å²) >= 11 is 0. The molecule has 0 fully saturated rings. The standard InChI is InChI=1S/C18H17F3N2O3/c1-2-26-17(25)23-15-8-4-6-13(10-15)16(24)22-11-12-5-3-7-14(9-12)18(19,20)21/h3-10H,2,11H2,1H3,(H,22,24)(H,23,25). The van der Waals surface area contributed by atoms with Gasteiger partial charge < -0.3 is 10.1 Å². The molecule has 0 aromatic heterocycles. The van der Waals surface area contributed by atoms with Crippen LogP contribution in [0.5, 0.6) is 0 Å². The minimum absolute atomic E-state index is 0.0573. The largest absolute Gasteiger partial charge is 0.450 e. The van der Waals surface area contributed by atoms with E-state index < -0.39 is 23.7 Å². The molecule has 8 heteroatoms. The highest BCUT2D eigenvalue weighted by Gasteiger charge is 2.30. The fraction of sp³-hybridized carbons (Fsp3) is 0.222. The topological polar surface area (TPSA) is 67.4 Å². The first kappa shape index (κ1) is 19.3. The Bertz CT molecular complexity index is 791. The normalized spacial score (nSPS) is 10.9. The predicted octanol–water partition coefficient (Wildman–Crippen LogP) is 4.20. The van der Waals surface area contributed by atoms with Crippen LogP contribution in [0.1, 0.15) is 28.4 Å². The fourth-order valence-electron chi connectivity index (χ4n) is 2.17. The third kappa shape index (κ3) is 5.51. The molecule has 5 nitrogen and oxygen atoms in total. The monoisotopic (exact) mass is 366 g/mol. The zero-order valence-electron chi connectivity index (χ0n) is 13.9. The van der Waals surface area contributed by atoms with E-state index >= 15 is 0 Å². The number of carbonyl (C=O) groups is 2. The highest BCUT2D eigenvalue weighted by Crippen LogP contribution is 2.29. The molecular weight excluding hydrogens is 349 g/mol. The van der Waals surface area contributed by atoms with Gasteiger partial charge in [0.25, 0.3) is 5.91 Å². The number of carbonyl (C=O) groups excluding carboxylic acids is 2. The second-order valence-electron chi connectivity index (χ2n) is 5.31. The molecule has 0 unspecified atom stereocenters. The average molecular weight is 366 g/mol. The summed E-state index contributed by atoms with van der Waals surface area (Å²) < 4.78 is 42.9. The average Bonchev–Trinajstić information content (AvgIpc) is 2.59. The number of hydrogen-bond donors (Lipinski definition) is 2. The maximum atomic E-state index is 12.7. The van der Waals surface area contributed by atoms with E-state index in [-0.39, 0.29) is 18.7 Å². The molecule has 0 bridgehead atoms. The van der Waals surface area contributed by atoms with Crippen LogP contribution in [0.15, 0.2) is 48.5 Å². The maximum Gasteiger partial charge on any atom is 0.416 e. The van der Waals surface area contributed by atoms with E-state index in [0.717, 1.165) is 12.1 Å². The number of ether oxygens (including phenoxy) is 1. The van der Waals surface area contributed by atoms with E-state index in [0.29, 0.717) is 11.3 Å². The number of halogens is 3. The lowest BCUT2D eigenvalue weighted by Crippen LogP contribution is -2.23. The zero-order valence-corrected chi connectivity index (χ0v) is 13.9. The highest BCUT2D eigenvalue weighted by atomic mass is 19.4. The van der Waals surface area contributed by atoms with Crippen LogP contribution < -0.4 is 10.6 Å². The van der Waals surface area contributed by atoms with E-state index in [2.05, 4.69) is 10.6 Å². The van der Waals surface area contributed by atoms with Crippen molar-refractivity contribution in [3.63, 3.8) is 0 Å². The first-order valence-electron chi connectivity index (χ1n) is 7.77. The Morgan fingerprint density at radius 3 is 2.50 bits per heavy atom. The van der Waals surface area contributed by atoms with Gasteiger partial charge in [-0.2, -0.15) is 13.2 Å². The summed E-state index contributed by atoms with van der Waals surface area (Å²) in [6.07, 6.45) is -5.08. The maximum absolute atomic E-state index is 12.7. The summed E-state index contributed by atoms with van der Waals surface area (Å²) in [5.41, 5.74) is 0.181. The van der Waals surface area contributed by atoms with Crippen LogP contribution in [0.4, 0.5) is 23.7 Å². The van der Waals surface area contributed by atoms with Gasteiger partial charge in [0.2, 0.25) is 0 Å². The highest BCUT2D eigenvalue weighted by molar-refractivity contribution is 5.96. The van der Waals surface area contributed by atoms with Crippen LogP contribution in [-0.2, 0) is 17.5 Å². The van der Waals surface area contributed by atoms with Gasteiger partial charge >= 0.3 is 12.3 Å². The molecular formula is C18H17F3N2O3. The Balaban J connectivity index is 2.01. The van der Waals surface area contributed by atoms with Crippen molar-refractivity contribution >= 4 is 17.7 Å². The summed E-state index contributed by atoms with van der Waals surface area (Å²) in [5, 5.41) is 5.02. The van der Waals surface area contributed by atoms with Crippen LogP contribution >= 0.6 is 0 Å². The molecule has 2 aromatic carbocycles. The molecule has 0 saturated carbocycles. The lowest BCUT2D eigenvalue weighted by molar-refractivity contribution is -0.137. The molecule has 0 spiro atoms. The molecule has 2 N–H and O–H groups in total. The molecule has 2 aromatic rings. The Morgan fingerprint density at radius 1 is 1.08 bits per heavy atom. The Hall–Kier alpha value is -3.03. The van der Waals surface area contributed by atoms with Gasteiger partial charge in [-0.15, -0.1) is 0 Å². The van der Waals surface area contributed by atoms with Gasteiger partial charge in [0.05, 0.1) is 12.2 Å².